The molecule has 21 heavy (non-hydrogen) atoms. The first kappa shape index (κ1) is 14.6. The quantitative estimate of drug-likeness (QED) is 0.909. The number of amides is 1. The van der Waals surface area contributed by atoms with E-state index in [-0.39, 0.29) is 11.8 Å². The average Bonchev–Trinajstić information content (AvgIpc) is 3.20. The highest BCUT2D eigenvalue weighted by atomic mass is 32.1. The van der Waals surface area contributed by atoms with Crippen LogP contribution < -0.4 is 0 Å². The second kappa shape index (κ2) is 6.18. The van der Waals surface area contributed by atoms with Crippen LogP contribution in [0, 0.1) is 11.8 Å². The van der Waals surface area contributed by atoms with Crippen LogP contribution in [0.3, 0.4) is 0 Å². The molecular weight excluding hydrogens is 286 g/mol. The van der Waals surface area contributed by atoms with Crippen LogP contribution in [-0.2, 0) is 16.1 Å². The lowest BCUT2D eigenvalue weighted by atomic mass is 9.78. The Morgan fingerprint density at radius 3 is 2.48 bits per heavy atom. The van der Waals surface area contributed by atoms with Gasteiger partial charge in [0, 0.05) is 12.6 Å². The zero-order valence-corrected chi connectivity index (χ0v) is 12.8. The van der Waals surface area contributed by atoms with E-state index in [4.69, 9.17) is 0 Å². The third-order valence-electron chi connectivity index (χ3n) is 4.60. The number of hydrogen-bond donors (Lipinski definition) is 1. The van der Waals surface area contributed by atoms with Crippen molar-refractivity contribution in [2.45, 2.75) is 51.1 Å². The molecule has 2 unspecified atom stereocenters. The van der Waals surface area contributed by atoms with Gasteiger partial charge in [0.1, 0.15) is 0 Å². The number of nitrogens with zero attached hydrogens (tertiary/aromatic N) is 1. The summed E-state index contributed by atoms with van der Waals surface area (Å²) in [6.45, 7) is 0.635. The van der Waals surface area contributed by atoms with E-state index >= 15 is 0 Å². The molecule has 1 N–H and O–H groups in total. The molecule has 3 rings (SSSR count). The van der Waals surface area contributed by atoms with Crippen molar-refractivity contribution in [3.8, 4) is 0 Å². The smallest absolute Gasteiger partial charge is 0.307 e. The normalized spacial score (nSPS) is 25.5. The fourth-order valence-corrected chi connectivity index (χ4v) is 3.95. The van der Waals surface area contributed by atoms with Gasteiger partial charge in [-0.3, -0.25) is 9.59 Å². The minimum Gasteiger partial charge on any atom is -0.481 e. The molecule has 0 aliphatic heterocycles. The van der Waals surface area contributed by atoms with Gasteiger partial charge < -0.3 is 10.0 Å². The number of carbonyl (C=O) groups is 2. The Labute approximate surface area is 128 Å². The molecule has 1 amide bonds. The van der Waals surface area contributed by atoms with Crippen LogP contribution in [0.25, 0.3) is 0 Å². The molecule has 0 spiro atoms. The van der Waals surface area contributed by atoms with E-state index in [1.165, 1.54) is 0 Å². The van der Waals surface area contributed by atoms with Gasteiger partial charge in [0.15, 0.2) is 0 Å². The van der Waals surface area contributed by atoms with E-state index in [1.807, 2.05) is 16.3 Å². The number of thiophene rings is 1. The van der Waals surface area contributed by atoms with Gasteiger partial charge in [-0.15, -0.1) is 0 Å². The third kappa shape index (κ3) is 3.28. The number of rotatable bonds is 5. The fourth-order valence-electron chi connectivity index (χ4n) is 3.29. The molecule has 0 aromatic carbocycles. The molecule has 5 heteroatoms. The maximum atomic E-state index is 12.9. The van der Waals surface area contributed by atoms with E-state index in [1.54, 1.807) is 11.3 Å². The molecule has 0 bridgehead atoms. The third-order valence-corrected chi connectivity index (χ3v) is 5.34. The SMILES string of the molecule is O=C(O)C1CCCCC1C(=O)N(Cc1ccsc1)C1CC1. The Morgan fingerprint density at radius 1 is 1.19 bits per heavy atom. The molecule has 4 nitrogen and oxygen atoms in total. The van der Waals surface area contributed by atoms with Crippen LogP contribution in [0.2, 0.25) is 0 Å². The van der Waals surface area contributed by atoms with E-state index in [0.29, 0.717) is 19.0 Å². The Hall–Kier alpha value is -1.36. The number of hydrogen-bond acceptors (Lipinski definition) is 3. The average molecular weight is 307 g/mol. The van der Waals surface area contributed by atoms with Crippen LogP contribution >= 0.6 is 11.3 Å². The standard InChI is InChI=1S/C16H21NO3S/c18-15(13-3-1-2-4-14(13)16(19)20)17(12-5-6-12)9-11-7-8-21-10-11/h7-8,10,12-14H,1-6,9H2,(H,19,20). The number of carboxylic acids is 1. The van der Waals surface area contributed by atoms with Crippen LogP contribution in [0.1, 0.15) is 44.1 Å². The Kier molecular flexibility index (Phi) is 4.29. The van der Waals surface area contributed by atoms with Gasteiger partial charge in [0.05, 0.1) is 11.8 Å². The first-order valence-electron chi connectivity index (χ1n) is 7.71. The zero-order valence-electron chi connectivity index (χ0n) is 12.0. The van der Waals surface area contributed by atoms with Crippen molar-refractivity contribution in [1.29, 1.82) is 0 Å². The summed E-state index contributed by atoms with van der Waals surface area (Å²) >= 11 is 1.63. The first-order valence-corrected chi connectivity index (χ1v) is 8.65. The topological polar surface area (TPSA) is 57.6 Å². The second-order valence-corrected chi connectivity index (χ2v) is 6.94. The van der Waals surface area contributed by atoms with Crippen molar-refractivity contribution >= 4 is 23.2 Å². The summed E-state index contributed by atoms with van der Waals surface area (Å²) in [6.07, 6.45) is 5.37. The van der Waals surface area contributed by atoms with Gasteiger partial charge in [0.25, 0.3) is 0 Å². The van der Waals surface area contributed by atoms with Gasteiger partial charge in [-0.05, 0) is 48.1 Å². The van der Waals surface area contributed by atoms with Crippen LogP contribution in [-0.4, -0.2) is 27.9 Å². The molecule has 0 radical (unpaired) electrons. The fraction of sp³-hybridized carbons (Fsp3) is 0.625. The largest absolute Gasteiger partial charge is 0.481 e. The summed E-state index contributed by atoms with van der Waals surface area (Å²) in [5, 5.41) is 13.5. The molecule has 2 saturated carbocycles. The van der Waals surface area contributed by atoms with Gasteiger partial charge >= 0.3 is 5.97 Å². The van der Waals surface area contributed by atoms with Gasteiger partial charge in [-0.25, -0.2) is 0 Å². The minimum absolute atomic E-state index is 0.0656. The molecule has 1 heterocycles. The summed E-state index contributed by atoms with van der Waals surface area (Å²) in [5.74, 6) is -1.56. The molecule has 0 saturated heterocycles. The Balaban J connectivity index is 1.75. The molecule has 2 aliphatic rings. The molecule has 2 atom stereocenters. The minimum atomic E-state index is -0.806. The van der Waals surface area contributed by atoms with Gasteiger partial charge in [0.2, 0.25) is 5.91 Å². The van der Waals surface area contributed by atoms with Crippen molar-refractivity contribution in [1.82, 2.24) is 4.90 Å². The van der Waals surface area contributed by atoms with Gasteiger partial charge in [-0.2, -0.15) is 11.3 Å². The number of carbonyl (C=O) groups excluding carboxylic acids is 1. The number of carboxylic acid groups (broad SMARTS) is 1. The first-order chi connectivity index (χ1) is 10.2. The lowest BCUT2D eigenvalue weighted by Gasteiger charge is -2.33. The van der Waals surface area contributed by atoms with E-state index < -0.39 is 11.9 Å². The van der Waals surface area contributed by atoms with Crippen molar-refractivity contribution in [3.63, 3.8) is 0 Å². The van der Waals surface area contributed by atoms with E-state index in [9.17, 15) is 14.7 Å². The van der Waals surface area contributed by atoms with Crippen molar-refractivity contribution in [2.75, 3.05) is 0 Å². The maximum absolute atomic E-state index is 12.9. The second-order valence-electron chi connectivity index (χ2n) is 6.16. The van der Waals surface area contributed by atoms with Crippen molar-refractivity contribution in [2.24, 2.45) is 11.8 Å². The highest BCUT2D eigenvalue weighted by molar-refractivity contribution is 7.07. The zero-order chi connectivity index (χ0) is 14.8. The molecule has 114 valence electrons. The molecular formula is C16H21NO3S. The Bertz CT molecular complexity index is 510. The highest BCUT2D eigenvalue weighted by Crippen LogP contribution is 2.36. The molecule has 1 aromatic heterocycles. The maximum Gasteiger partial charge on any atom is 0.307 e. The lowest BCUT2D eigenvalue weighted by Crippen LogP contribution is -2.43. The van der Waals surface area contributed by atoms with E-state index in [2.05, 4.69) is 5.38 Å². The monoisotopic (exact) mass is 307 g/mol. The predicted molar refractivity (Wildman–Crippen MR) is 81.0 cm³/mol. The number of aliphatic carboxylic acids is 1. The van der Waals surface area contributed by atoms with Crippen molar-refractivity contribution < 1.29 is 14.7 Å². The highest BCUT2D eigenvalue weighted by Gasteiger charge is 2.41. The Morgan fingerprint density at radius 2 is 1.90 bits per heavy atom. The van der Waals surface area contributed by atoms with Crippen LogP contribution in [0.5, 0.6) is 0 Å². The summed E-state index contributed by atoms with van der Waals surface area (Å²) in [6, 6.07) is 2.37. The van der Waals surface area contributed by atoms with Crippen molar-refractivity contribution in [3.05, 3.63) is 22.4 Å². The summed E-state index contributed by atoms with van der Waals surface area (Å²) < 4.78 is 0. The summed E-state index contributed by atoms with van der Waals surface area (Å²) in [4.78, 5) is 26.3. The molecule has 1 aromatic rings. The summed E-state index contributed by atoms with van der Waals surface area (Å²) in [7, 11) is 0. The van der Waals surface area contributed by atoms with E-state index in [0.717, 1.165) is 37.7 Å². The van der Waals surface area contributed by atoms with Crippen LogP contribution in [0.4, 0.5) is 0 Å². The molecule has 2 fully saturated rings. The lowest BCUT2D eigenvalue weighted by molar-refractivity contribution is -0.152. The summed E-state index contributed by atoms with van der Waals surface area (Å²) in [5.41, 5.74) is 1.16. The van der Waals surface area contributed by atoms with Crippen LogP contribution in [0.15, 0.2) is 16.8 Å². The molecule has 2 aliphatic carbocycles. The van der Waals surface area contributed by atoms with Gasteiger partial charge in [-0.1, -0.05) is 12.8 Å². The predicted octanol–water partition coefficient (Wildman–Crippen LogP) is 3.13.